The van der Waals surface area contributed by atoms with Crippen LogP contribution >= 0.6 is 36.4 Å². The van der Waals surface area contributed by atoms with Gasteiger partial charge in [-0.2, -0.15) is 0 Å². The molecular weight excluding hydrogens is 629 g/mol. The molecule has 44 heavy (non-hydrogen) atoms. The van der Waals surface area contributed by atoms with Crippen LogP contribution in [0.15, 0.2) is 70.1 Å². The van der Waals surface area contributed by atoms with Crippen LogP contribution in [0.25, 0.3) is 22.3 Å². The minimum Gasteiger partial charge on any atom is -0.507 e. The van der Waals surface area contributed by atoms with E-state index in [1.165, 1.54) is 6.07 Å². The van der Waals surface area contributed by atoms with E-state index in [2.05, 4.69) is 14.8 Å². The maximum absolute atomic E-state index is 13.5. The van der Waals surface area contributed by atoms with Crippen molar-refractivity contribution >= 4 is 59.0 Å². The monoisotopic (exact) mass is 661 g/mol. The van der Waals surface area contributed by atoms with Gasteiger partial charge < -0.3 is 29.2 Å². The average Bonchev–Trinajstić information content (AvgIpc) is 2.98. The number of aromatic hydroxyl groups is 2. The number of benzene rings is 2. The first-order chi connectivity index (χ1) is 20.3. The molecule has 4 heterocycles. The average molecular weight is 663 g/mol. The zero-order valence-corrected chi connectivity index (χ0v) is 26.4. The normalized spacial score (nSPS) is 19.2. The number of fused-ring (bicyclic) bond motifs is 1. The molecule has 0 aliphatic carbocycles. The Bertz CT molecular complexity index is 1680. The molecule has 2 aromatic carbocycles. The van der Waals surface area contributed by atoms with Crippen molar-refractivity contribution in [2.75, 3.05) is 38.1 Å². The van der Waals surface area contributed by atoms with Gasteiger partial charge in [0, 0.05) is 55.0 Å². The minimum atomic E-state index is -0.597. The van der Waals surface area contributed by atoms with E-state index in [9.17, 15) is 19.8 Å². The minimum absolute atomic E-state index is 0. The topological polar surface area (TPSA) is 116 Å². The molecule has 12 heteroatoms. The van der Waals surface area contributed by atoms with Gasteiger partial charge in [-0.25, -0.2) is 0 Å². The number of hydrogen-bond acceptors (Lipinski definition) is 9. The van der Waals surface area contributed by atoms with Crippen molar-refractivity contribution in [1.82, 2.24) is 9.88 Å². The van der Waals surface area contributed by atoms with Crippen LogP contribution in [0.4, 0.5) is 5.69 Å². The van der Waals surface area contributed by atoms with Crippen LogP contribution in [0.5, 0.6) is 11.5 Å². The number of carbonyl (C=O) groups is 1. The van der Waals surface area contributed by atoms with Crippen LogP contribution < -0.4 is 10.3 Å². The van der Waals surface area contributed by atoms with E-state index in [1.54, 1.807) is 30.5 Å². The lowest BCUT2D eigenvalue weighted by Gasteiger charge is -2.38. The second-order valence-electron chi connectivity index (χ2n) is 11.1. The second-order valence-corrected chi connectivity index (χ2v) is 11.5. The number of nitrogens with zero attached hydrogens (tertiary/aromatic N) is 3. The third kappa shape index (κ3) is 6.61. The number of hydrogen-bond donors (Lipinski definition) is 2. The molecule has 2 saturated heterocycles. The third-order valence-electron chi connectivity index (χ3n) is 8.38. The Kier molecular flexibility index (Phi) is 10.7. The maximum atomic E-state index is 13.5. The lowest BCUT2D eigenvalue weighted by Crippen LogP contribution is -2.45. The van der Waals surface area contributed by atoms with Crippen LogP contribution in [0.3, 0.4) is 0 Å². The predicted octanol–water partition coefficient (Wildman–Crippen LogP) is 6.01. The van der Waals surface area contributed by atoms with E-state index in [0.29, 0.717) is 48.5 Å². The number of phenols is 2. The Morgan fingerprint density at radius 1 is 1.02 bits per heavy atom. The zero-order chi connectivity index (χ0) is 29.4. The highest BCUT2D eigenvalue weighted by atomic mass is 35.5. The number of likely N-dealkylation sites (tertiary alicyclic amines) is 1. The molecule has 2 aromatic heterocycles. The number of likely N-dealkylation sites (N-methyl/N-ethyl adjacent to an activating group) is 1. The van der Waals surface area contributed by atoms with Crippen LogP contribution in [0, 0.1) is 5.92 Å². The number of esters is 1. The molecule has 2 fully saturated rings. The molecule has 0 radical (unpaired) electrons. The zero-order valence-electron chi connectivity index (χ0n) is 24.0. The summed E-state index contributed by atoms with van der Waals surface area (Å²) in [5.41, 5.74) is 1.48. The van der Waals surface area contributed by atoms with E-state index < -0.39 is 17.5 Å². The van der Waals surface area contributed by atoms with Gasteiger partial charge in [-0.05, 0) is 57.1 Å². The lowest BCUT2D eigenvalue weighted by molar-refractivity contribution is -0.158. The summed E-state index contributed by atoms with van der Waals surface area (Å²) in [7, 11) is 1.95. The SMILES string of the molecule is CN1CC[C@H](c2c(O)cc(O)c3c(=O)cc(-c4ccccc4Cl)oc23)[C@H](OC(=O)C2CCN(c3cccnc3)CC2)C1.Cl.Cl. The number of rotatable bonds is 5. The predicted molar refractivity (Wildman–Crippen MR) is 175 cm³/mol. The van der Waals surface area contributed by atoms with Gasteiger partial charge in [0.15, 0.2) is 5.43 Å². The lowest BCUT2D eigenvalue weighted by atomic mass is 9.85. The van der Waals surface area contributed by atoms with Gasteiger partial charge in [0.05, 0.1) is 22.8 Å². The molecule has 2 aliphatic heterocycles. The van der Waals surface area contributed by atoms with Gasteiger partial charge in [-0.1, -0.05) is 23.7 Å². The summed E-state index contributed by atoms with van der Waals surface area (Å²) >= 11 is 6.40. The Balaban J connectivity index is 0.00000221. The number of pyridine rings is 1. The van der Waals surface area contributed by atoms with Crippen LogP contribution in [0.2, 0.25) is 5.02 Å². The van der Waals surface area contributed by atoms with E-state index in [1.807, 2.05) is 25.4 Å². The largest absolute Gasteiger partial charge is 0.507 e. The second kappa shape index (κ2) is 14.1. The van der Waals surface area contributed by atoms with Crippen molar-refractivity contribution in [2.24, 2.45) is 5.92 Å². The Hall–Kier alpha value is -3.50. The number of phenolic OH excluding ortho intramolecular Hbond substituents is 2. The molecule has 0 bridgehead atoms. The molecule has 0 saturated carbocycles. The van der Waals surface area contributed by atoms with E-state index >= 15 is 0 Å². The number of ether oxygens (including phenoxy) is 1. The number of aromatic nitrogens is 1. The summed E-state index contributed by atoms with van der Waals surface area (Å²) in [6, 6.07) is 13.3. The Morgan fingerprint density at radius 2 is 1.77 bits per heavy atom. The summed E-state index contributed by atoms with van der Waals surface area (Å²) in [5, 5.41) is 22.1. The number of carbonyl (C=O) groups excluding carboxylic acids is 1. The van der Waals surface area contributed by atoms with Crippen molar-refractivity contribution in [3.8, 4) is 22.8 Å². The Morgan fingerprint density at radius 3 is 2.48 bits per heavy atom. The standard InChI is InChI=1S/C32H32ClN3O6.2ClH/c1-35-12-10-22(28(18-35)42-32(40)19-8-13-36(14-9-19)20-5-4-11-34-17-20)29-24(37)15-25(38)30-26(39)16-27(41-31(29)30)21-6-2-3-7-23(21)33;;/h2-7,11,15-17,19,22,28,37-38H,8-10,12-14,18H2,1H3;2*1H/t22-,28+;;/m0../s1. The summed E-state index contributed by atoms with van der Waals surface area (Å²) in [5.74, 6) is -1.38. The first kappa shape index (κ1) is 33.4. The van der Waals surface area contributed by atoms with Crippen molar-refractivity contribution in [2.45, 2.75) is 31.3 Å². The van der Waals surface area contributed by atoms with Crippen LogP contribution in [0.1, 0.15) is 30.7 Å². The number of piperidine rings is 2. The highest BCUT2D eigenvalue weighted by Gasteiger charge is 2.38. The molecule has 0 unspecified atom stereocenters. The molecule has 9 nitrogen and oxygen atoms in total. The number of anilines is 1. The Labute approximate surface area is 272 Å². The molecular formula is C32H34Cl3N3O6. The summed E-state index contributed by atoms with van der Waals surface area (Å²) < 4.78 is 12.4. The van der Waals surface area contributed by atoms with Gasteiger partial charge in [0.1, 0.15) is 34.3 Å². The fourth-order valence-electron chi connectivity index (χ4n) is 6.15. The third-order valence-corrected chi connectivity index (χ3v) is 8.71. The summed E-state index contributed by atoms with van der Waals surface area (Å²) in [6.07, 6.45) is 4.82. The molecule has 234 valence electrons. The molecule has 2 atom stereocenters. The quantitative estimate of drug-likeness (QED) is 0.248. The van der Waals surface area contributed by atoms with Gasteiger partial charge in [0.2, 0.25) is 0 Å². The van der Waals surface area contributed by atoms with Gasteiger partial charge >= 0.3 is 5.97 Å². The van der Waals surface area contributed by atoms with E-state index in [4.69, 9.17) is 20.8 Å². The van der Waals surface area contributed by atoms with Gasteiger partial charge in [0.25, 0.3) is 0 Å². The molecule has 6 rings (SSSR count). The van der Waals surface area contributed by atoms with Crippen molar-refractivity contribution in [3.05, 3.63) is 81.7 Å². The fourth-order valence-corrected chi connectivity index (χ4v) is 6.38. The first-order valence-electron chi connectivity index (χ1n) is 14.1. The highest BCUT2D eigenvalue weighted by Crippen LogP contribution is 2.44. The summed E-state index contributed by atoms with van der Waals surface area (Å²) in [6.45, 7) is 2.57. The van der Waals surface area contributed by atoms with Gasteiger partial charge in [-0.15, -0.1) is 24.8 Å². The van der Waals surface area contributed by atoms with E-state index in [-0.39, 0.29) is 64.9 Å². The maximum Gasteiger partial charge on any atom is 0.309 e. The van der Waals surface area contributed by atoms with E-state index in [0.717, 1.165) is 24.8 Å². The molecule has 2 aliphatic rings. The molecule has 0 amide bonds. The summed E-state index contributed by atoms with van der Waals surface area (Å²) in [4.78, 5) is 35.2. The first-order valence-corrected chi connectivity index (χ1v) is 14.5. The molecule has 2 N–H and O–H groups in total. The van der Waals surface area contributed by atoms with Crippen LogP contribution in [-0.2, 0) is 9.53 Å². The fraction of sp³-hybridized carbons (Fsp3) is 0.344. The molecule has 0 spiro atoms. The highest BCUT2D eigenvalue weighted by molar-refractivity contribution is 6.33. The van der Waals surface area contributed by atoms with Crippen molar-refractivity contribution in [3.63, 3.8) is 0 Å². The molecule has 4 aromatic rings. The van der Waals surface area contributed by atoms with Crippen LogP contribution in [-0.4, -0.2) is 65.4 Å². The van der Waals surface area contributed by atoms with Gasteiger partial charge in [-0.3, -0.25) is 14.6 Å². The van der Waals surface area contributed by atoms with Crippen molar-refractivity contribution in [1.29, 1.82) is 0 Å². The number of halogens is 3. The van der Waals surface area contributed by atoms with Crippen molar-refractivity contribution < 1.29 is 24.2 Å². The smallest absolute Gasteiger partial charge is 0.309 e.